The maximum Gasteiger partial charge on any atom is 0.131 e. The number of methoxy groups -OCH3 is 1. The molecule has 19 heavy (non-hydrogen) atoms. The van der Waals surface area contributed by atoms with E-state index >= 15 is 0 Å². The van der Waals surface area contributed by atoms with Crippen molar-refractivity contribution in [3.8, 4) is 5.75 Å². The molecule has 3 unspecified atom stereocenters. The molecule has 0 aromatic heterocycles. The van der Waals surface area contributed by atoms with Gasteiger partial charge in [-0.1, -0.05) is 26.3 Å². The molecular formula is C16H26FNO. The maximum absolute atomic E-state index is 13.9. The summed E-state index contributed by atoms with van der Waals surface area (Å²) in [6.45, 7) is 8.60. The van der Waals surface area contributed by atoms with E-state index in [4.69, 9.17) is 4.74 Å². The second kappa shape index (κ2) is 7.49. The molecule has 0 aliphatic rings. The minimum absolute atomic E-state index is 0.00459. The Balaban J connectivity index is 2.64. The molecule has 1 N–H and O–H groups in total. The van der Waals surface area contributed by atoms with Crippen LogP contribution in [0.5, 0.6) is 5.75 Å². The number of ether oxygens (including phenoxy) is 1. The molecule has 1 aromatic rings. The van der Waals surface area contributed by atoms with E-state index in [2.05, 4.69) is 26.1 Å². The van der Waals surface area contributed by atoms with Gasteiger partial charge in [-0.2, -0.15) is 0 Å². The number of nitrogens with one attached hydrogen (secondary N) is 1. The molecule has 0 radical (unpaired) electrons. The first-order chi connectivity index (χ1) is 8.97. The summed E-state index contributed by atoms with van der Waals surface area (Å²) in [5.41, 5.74) is 0.691. The first-order valence-corrected chi connectivity index (χ1v) is 7.07. The maximum atomic E-state index is 13.9. The highest BCUT2D eigenvalue weighted by molar-refractivity contribution is 5.30. The van der Waals surface area contributed by atoms with E-state index < -0.39 is 0 Å². The van der Waals surface area contributed by atoms with E-state index in [0.29, 0.717) is 23.3 Å². The molecule has 0 amide bonds. The Kier molecular flexibility index (Phi) is 6.29. The highest BCUT2D eigenvalue weighted by Gasteiger charge is 2.15. The molecular weight excluding hydrogens is 241 g/mol. The summed E-state index contributed by atoms with van der Waals surface area (Å²) in [6.07, 6.45) is 2.29. The minimum Gasteiger partial charge on any atom is -0.497 e. The van der Waals surface area contributed by atoms with Crippen LogP contribution in [0.1, 0.15) is 52.1 Å². The molecule has 0 bridgehead atoms. The van der Waals surface area contributed by atoms with Crippen molar-refractivity contribution in [2.24, 2.45) is 5.92 Å². The van der Waals surface area contributed by atoms with Gasteiger partial charge in [-0.3, -0.25) is 0 Å². The average Bonchev–Trinajstić information content (AvgIpc) is 2.37. The molecule has 3 heteroatoms. The van der Waals surface area contributed by atoms with Gasteiger partial charge in [0.1, 0.15) is 11.6 Å². The van der Waals surface area contributed by atoms with E-state index in [-0.39, 0.29) is 11.9 Å². The molecule has 108 valence electrons. The quantitative estimate of drug-likeness (QED) is 0.795. The van der Waals surface area contributed by atoms with Crippen LogP contribution in [0.2, 0.25) is 0 Å². The molecule has 0 aliphatic heterocycles. The predicted octanol–water partition coefficient (Wildman–Crippen LogP) is 4.31. The van der Waals surface area contributed by atoms with Gasteiger partial charge in [0.15, 0.2) is 0 Å². The normalized spacial score (nSPS) is 15.9. The van der Waals surface area contributed by atoms with Crippen LogP contribution in [0, 0.1) is 11.7 Å². The van der Waals surface area contributed by atoms with E-state index in [9.17, 15) is 4.39 Å². The van der Waals surface area contributed by atoms with Crippen LogP contribution in [-0.4, -0.2) is 13.2 Å². The molecule has 0 aliphatic carbocycles. The lowest BCUT2D eigenvalue weighted by Gasteiger charge is -2.23. The van der Waals surface area contributed by atoms with Crippen molar-refractivity contribution >= 4 is 0 Å². The predicted molar refractivity (Wildman–Crippen MR) is 78.0 cm³/mol. The van der Waals surface area contributed by atoms with Crippen molar-refractivity contribution < 1.29 is 9.13 Å². The average molecular weight is 267 g/mol. The molecule has 1 aromatic carbocycles. The fraction of sp³-hybridized carbons (Fsp3) is 0.625. The van der Waals surface area contributed by atoms with Gasteiger partial charge in [0.2, 0.25) is 0 Å². The fourth-order valence-corrected chi connectivity index (χ4v) is 2.34. The zero-order chi connectivity index (χ0) is 14.4. The summed E-state index contributed by atoms with van der Waals surface area (Å²) in [5.74, 6) is 1.03. The number of halogens is 1. The topological polar surface area (TPSA) is 21.3 Å². The second-order valence-electron chi connectivity index (χ2n) is 5.43. The molecule has 0 saturated carbocycles. The molecule has 3 atom stereocenters. The molecule has 0 fully saturated rings. The van der Waals surface area contributed by atoms with Crippen molar-refractivity contribution in [1.29, 1.82) is 0 Å². The largest absolute Gasteiger partial charge is 0.497 e. The Morgan fingerprint density at radius 2 is 1.95 bits per heavy atom. The summed E-state index contributed by atoms with van der Waals surface area (Å²) in [7, 11) is 1.55. The fourth-order valence-electron chi connectivity index (χ4n) is 2.34. The number of benzene rings is 1. The van der Waals surface area contributed by atoms with E-state index in [1.807, 2.05) is 6.92 Å². The van der Waals surface area contributed by atoms with E-state index in [1.165, 1.54) is 12.5 Å². The Bertz CT molecular complexity index is 394. The Labute approximate surface area is 116 Å². The molecule has 2 nitrogen and oxygen atoms in total. The van der Waals surface area contributed by atoms with E-state index in [0.717, 1.165) is 6.42 Å². The highest BCUT2D eigenvalue weighted by Crippen LogP contribution is 2.22. The summed E-state index contributed by atoms with van der Waals surface area (Å²) >= 11 is 0. The van der Waals surface area contributed by atoms with Crippen LogP contribution in [0.15, 0.2) is 18.2 Å². The molecule has 0 saturated heterocycles. The van der Waals surface area contributed by atoms with Gasteiger partial charge in [0.25, 0.3) is 0 Å². The zero-order valence-electron chi connectivity index (χ0n) is 12.7. The first-order valence-electron chi connectivity index (χ1n) is 7.07. The number of rotatable bonds is 7. The van der Waals surface area contributed by atoms with E-state index in [1.54, 1.807) is 19.2 Å². The van der Waals surface area contributed by atoms with Crippen LogP contribution < -0.4 is 10.1 Å². The van der Waals surface area contributed by atoms with Gasteiger partial charge in [-0.25, -0.2) is 4.39 Å². The van der Waals surface area contributed by atoms with Crippen molar-refractivity contribution in [3.63, 3.8) is 0 Å². The summed E-state index contributed by atoms with van der Waals surface area (Å²) in [4.78, 5) is 0. The lowest BCUT2D eigenvalue weighted by atomic mass is 9.99. The van der Waals surface area contributed by atoms with Gasteiger partial charge >= 0.3 is 0 Å². The smallest absolute Gasteiger partial charge is 0.131 e. The Morgan fingerprint density at radius 1 is 1.26 bits per heavy atom. The lowest BCUT2D eigenvalue weighted by Crippen LogP contribution is -2.30. The summed E-state index contributed by atoms with van der Waals surface area (Å²) in [5, 5.41) is 3.46. The van der Waals surface area contributed by atoms with Crippen LogP contribution in [0.25, 0.3) is 0 Å². The summed E-state index contributed by atoms with van der Waals surface area (Å²) in [6, 6.07) is 5.42. The van der Waals surface area contributed by atoms with Crippen molar-refractivity contribution in [3.05, 3.63) is 29.6 Å². The number of hydrogen-bond acceptors (Lipinski definition) is 2. The lowest BCUT2D eigenvalue weighted by molar-refractivity contribution is 0.379. The highest BCUT2D eigenvalue weighted by atomic mass is 19.1. The van der Waals surface area contributed by atoms with Crippen molar-refractivity contribution in [1.82, 2.24) is 5.32 Å². The third-order valence-electron chi connectivity index (χ3n) is 3.66. The van der Waals surface area contributed by atoms with Gasteiger partial charge in [-0.15, -0.1) is 0 Å². The monoisotopic (exact) mass is 267 g/mol. The third kappa shape index (κ3) is 4.83. The van der Waals surface area contributed by atoms with Crippen LogP contribution in [0.4, 0.5) is 4.39 Å². The van der Waals surface area contributed by atoms with Gasteiger partial charge in [0, 0.05) is 23.7 Å². The molecule has 0 heterocycles. The SMILES string of the molecule is CCC(C)CC(C)NC(C)c1ccc(OC)cc1F. The second-order valence-corrected chi connectivity index (χ2v) is 5.43. The van der Waals surface area contributed by atoms with Crippen LogP contribution >= 0.6 is 0 Å². The van der Waals surface area contributed by atoms with Crippen LogP contribution in [0.3, 0.4) is 0 Å². The molecule has 1 rings (SSSR count). The molecule has 0 spiro atoms. The minimum atomic E-state index is -0.213. The van der Waals surface area contributed by atoms with Gasteiger partial charge in [0.05, 0.1) is 7.11 Å². The first kappa shape index (κ1) is 16.0. The van der Waals surface area contributed by atoms with Crippen LogP contribution in [-0.2, 0) is 0 Å². The van der Waals surface area contributed by atoms with Crippen molar-refractivity contribution in [2.75, 3.05) is 7.11 Å². The zero-order valence-corrected chi connectivity index (χ0v) is 12.7. The van der Waals surface area contributed by atoms with Gasteiger partial charge in [-0.05, 0) is 32.3 Å². The van der Waals surface area contributed by atoms with Gasteiger partial charge < -0.3 is 10.1 Å². The number of hydrogen-bond donors (Lipinski definition) is 1. The van der Waals surface area contributed by atoms with Crippen molar-refractivity contribution in [2.45, 2.75) is 52.6 Å². The summed E-state index contributed by atoms with van der Waals surface area (Å²) < 4.78 is 19.0. The third-order valence-corrected chi connectivity index (χ3v) is 3.66. The standard InChI is InChI=1S/C16H26FNO/c1-6-11(2)9-12(3)18-13(4)15-8-7-14(19-5)10-16(15)17/h7-8,10-13,18H,6,9H2,1-5H3. The Morgan fingerprint density at radius 3 is 2.47 bits per heavy atom. The Hall–Kier alpha value is -1.09.